The first-order chi connectivity index (χ1) is 9.70. The van der Waals surface area contributed by atoms with Crippen LogP contribution >= 0.6 is 0 Å². The lowest BCUT2D eigenvalue weighted by Gasteiger charge is -2.15. The van der Waals surface area contributed by atoms with Gasteiger partial charge in [0.15, 0.2) is 0 Å². The minimum atomic E-state index is -4.53. The lowest BCUT2D eigenvalue weighted by molar-refractivity contribution is -0.139. The Bertz CT molecular complexity index is 625. The van der Waals surface area contributed by atoms with Gasteiger partial charge in [-0.1, -0.05) is 6.07 Å². The predicted octanol–water partition coefficient (Wildman–Crippen LogP) is 2.52. The second-order valence-electron chi connectivity index (χ2n) is 4.59. The number of nitrogens with zero attached hydrogens (tertiary/aromatic N) is 2. The molecular formula is C13H11F3N2O3. The highest BCUT2D eigenvalue weighted by Crippen LogP contribution is 2.33. The molecule has 1 aliphatic heterocycles. The number of amides is 1. The zero-order valence-electron chi connectivity index (χ0n) is 10.9. The molecule has 2 rings (SSSR count). The molecule has 5 nitrogen and oxygen atoms in total. The number of rotatable bonds is 3. The molecule has 112 valence electrons. The van der Waals surface area contributed by atoms with Gasteiger partial charge in [0.25, 0.3) is 5.91 Å². The number of carbonyl (C=O) groups excluding carboxylic acids is 1. The molecule has 1 N–H and O–H groups in total. The van der Waals surface area contributed by atoms with E-state index in [1.165, 1.54) is 19.1 Å². The Morgan fingerprint density at radius 3 is 2.67 bits per heavy atom. The second-order valence-corrected chi connectivity index (χ2v) is 4.59. The Morgan fingerprint density at radius 2 is 2.10 bits per heavy atom. The normalized spacial score (nSPS) is 18.9. The Kier molecular flexibility index (Phi) is 3.71. The number of aliphatic carboxylic acids is 1. The fourth-order valence-corrected chi connectivity index (χ4v) is 2.01. The van der Waals surface area contributed by atoms with Gasteiger partial charge in [-0.25, -0.2) is 5.01 Å². The first kappa shape index (κ1) is 15.0. The van der Waals surface area contributed by atoms with Crippen LogP contribution in [0.15, 0.2) is 29.4 Å². The maximum absolute atomic E-state index is 12.7. The van der Waals surface area contributed by atoms with Gasteiger partial charge in [0.1, 0.15) is 0 Å². The van der Waals surface area contributed by atoms with Gasteiger partial charge in [-0.2, -0.15) is 18.3 Å². The van der Waals surface area contributed by atoms with E-state index in [0.717, 1.165) is 17.1 Å². The van der Waals surface area contributed by atoms with Gasteiger partial charge < -0.3 is 5.11 Å². The average molecular weight is 300 g/mol. The molecule has 1 aromatic carbocycles. The molecule has 0 bridgehead atoms. The fourth-order valence-electron chi connectivity index (χ4n) is 2.01. The van der Waals surface area contributed by atoms with Crippen molar-refractivity contribution in [3.8, 4) is 0 Å². The first-order valence-corrected chi connectivity index (χ1v) is 5.98. The minimum absolute atomic E-state index is 0.0398. The molecule has 1 aromatic rings. The smallest absolute Gasteiger partial charge is 0.416 e. The van der Waals surface area contributed by atoms with Crippen molar-refractivity contribution < 1.29 is 27.9 Å². The number of halogens is 3. The van der Waals surface area contributed by atoms with Crippen LogP contribution in [-0.2, 0) is 15.8 Å². The molecule has 1 unspecified atom stereocenters. The molecule has 0 spiro atoms. The van der Waals surface area contributed by atoms with Gasteiger partial charge in [0.05, 0.1) is 23.6 Å². The van der Waals surface area contributed by atoms with Crippen LogP contribution < -0.4 is 5.01 Å². The third-order valence-electron chi connectivity index (χ3n) is 3.07. The van der Waals surface area contributed by atoms with Crippen LogP contribution in [-0.4, -0.2) is 22.7 Å². The van der Waals surface area contributed by atoms with Crippen molar-refractivity contribution in [2.45, 2.75) is 19.5 Å². The van der Waals surface area contributed by atoms with Crippen molar-refractivity contribution in [1.82, 2.24) is 0 Å². The number of carboxylic acid groups (broad SMARTS) is 1. The molecule has 0 saturated heterocycles. The number of alkyl halides is 3. The van der Waals surface area contributed by atoms with E-state index in [4.69, 9.17) is 5.11 Å². The molecular weight excluding hydrogens is 289 g/mol. The van der Waals surface area contributed by atoms with Crippen LogP contribution in [0.1, 0.15) is 18.9 Å². The third-order valence-corrected chi connectivity index (χ3v) is 3.07. The Balaban J connectivity index is 2.32. The summed E-state index contributed by atoms with van der Waals surface area (Å²) in [5.74, 6) is -2.76. The zero-order chi connectivity index (χ0) is 15.8. The molecule has 0 saturated carbocycles. The van der Waals surface area contributed by atoms with Gasteiger partial charge in [0.2, 0.25) is 0 Å². The molecule has 8 heteroatoms. The maximum Gasteiger partial charge on any atom is 0.416 e. The maximum atomic E-state index is 12.7. The molecule has 0 aromatic heterocycles. The standard InChI is InChI=1S/C13H11F3N2O3/c1-7-10(6-11(19)20)12(21)18(17-7)9-4-2-3-8(5-9)13(14,15)16/h2-5,10H,6H2,1H3,(H,19,20). The van der Waals surface area contributed by atoms with E-state index in [1.54, 1.807) is 0 Å². The van der Waals surface area contributed by atoms with E-state index < -0.39 is 36.0 Å². The largest absolute Gasteiger partial charge is 0.481 e. The lowest BCUT2D eigenvalue weighted by Crippen LogP contribution is -2.28. The molecule has 0 radical (unpaired) electrons. The number of anilines is 1. The van der Waals surface area contributed by atoms with Gasteiger partial charge in [-0.05, 0) is 25.1 Å². The Morgan fingerprint density at radius 1 is 1.43 bits per heavy atom. The predicted molar refractivity (Wildman–Crippen MR) is 67.8 cm³/mol. The highest BCUT2D eigenvalue weighted by molar-refractivity contribution is 6.16. The van der Waals surface area contributed by atoms with E-state index in [9.17, 15) is 22.8 Å². The molecule has 21 heavy (non-hydrogen) atoms. The number of benzene rings is 1. The monoisotopic (exact) mass is 300 g/mol. The average Bonchev–Trinajstić information content (AvgIpc) is 2.65. The van der Waals surface area contributed by atoms with Crippen LogP contribution in [0, 0.1) is 5.92 Å². The minimum Gasteiger partial charge on any atom is -0.481 e. The molecule has 1 atom stereocenters. The number of carbonyl (C=O) groups is 2. The summed E-state index contributed by atoms with van der Waals surface area (Å²) in [6, 6.07) is 4.17. The van der Waals surface area contributed by atoms with Crippen molar-refractivity contribution in [1.29, 1.82) is 0 Å². The Labute approximate surface area is 117 Å². The van der Waals surface area contributed by atoms with E-state index in [0.29, 0.717) is 0 Å². The third kappa shape index (κ3) is 3.04. The van der Waals surface area contributed by atoms with Crippen LogP contribution in [0.5, 0.6) is 0 Å². The second kappa shape index (κ2) is 5.19. The summed E-state index contributed by atoms with van der Waals surface area (Å²) in [5.41, 5.74) is -0.677. The van der Waals surface area contributed by atoms with Crippen LogP contribution in [0.3, 0.4) is 0 Å². The highest BCUT2D eigenvalue weighted by atomic mass is 19.4. The van der Waals surface area contributed by atoms with Crippen LogP contribution in [0.2, 0.25) is 0 Å². The molecule has 0 fully saturated rings. The summed E-state index contributed by atoms with van der Waals surface area (Å²) in [5, 5.41) is 13.4. The fraction of sp³-hybridized carbons (Fsp3) is 0.308. The number of carboxylic acids is 1. The van der Waals surface area contributed by atoms with E-state index in [-0.39, 0.29) is 11.4 Å². The van der Waals surface area contributed by atoms with Crippen molar-refractivity contribution in [2.75, 3.05) is 5.01 Å². The van der Waals surface area contributed by atoms with Crippen molar-refractivity contribution in [3.05, 3.63) is 29.8 Å². The summed E-state index contributed by atoms with van der Waals surface area (Å²) in [7, 11) is 0. The van der Waals surface area contributed by atoms with Crippen LogP contribution in [0.25, 0.3) is 0 Å². The topological polar surface area (TPSA) is 70.0 Å². The quantitative estimate of drug-likeness (QED) is 0.932. The molecule has 1 heterocycles. The number of hydrogen-bond acceptors (Lipinski definition) is 3. The van der Waals surface area contributed by atoms with Gasteiger partial charge in [-0.3, -0.25) is 9.59 Å². The summed E-state index contributed by atoms with van der Waals surface area (Å²) < 4.78 is 38.0. The summed E-state index contributed by atoms with van der Waals surface area (Å²) in [6.45, 7) is 1.47. The van der Waals surface area contributed by atoms with Crippen molar-refractivity contribution >= 4 is 23.3 Å². The lowest BCUT2D eigenvalue weighted by atomic mass is 10.0. The first-order valence-electron chi connectivity index (χ1n) is 5.98. The van der Waals surface area contributed by atoms with E-state index >= 15 is 0 Å². The molecule has 1 amide bonds. The van der Waals surface area contributed by atoms with E-state index in [2.05, 4.69) is 5.10 Å². The summed E-state index contributed by atoms with van der Waals surface area (Å²) in [4.78, 5) is 22.8. The summed E-state index contributed by atoms with van der Waals surface area (Å²) >= 11 is 0. The highest BCUT2D eigenvalue weighted by Gasteiger charge is 2.37. The summed E-state index contributed by atoms with van der Waals surface area (Å²) in [6.07, 6.45) is -4.97. The SMILES string of the molecule is CC1=NN(c2cccc(C(F)(F)F)c2)C(=O)C1CC(=O)O. The zero-order valence-corrected chi connectivity index (χ0v) is 10.9. The number of hydrogen-bond donors (Lipinski definition) is 1. The number of hydrazone groups is 1. The van der Waals surface area contributed by atoms with Gasteiger partial charge in [-0.15, -0.1) is 0 Å². The molecule has 0 aliphatic carbocycles. The van der Waals surface area contributed by atoms with Crippen LogP contribution in [0.4, 0.5) is 18.9 Å². The van der Waals surface area contributed by atoms with Crippen molar-refractivity contribution in [3.63, 3.8) is 0 Å². The van der Waals surface area contributed by atoms with Crippen molar-refractivity contribution in [2.24, 2.45) is 11.0 Å². The molecule has 1 aliphatic rings. The van der Waals surface area contributed by atoms with E-state index in [1.807, 2.05) is 0 Å². The van der Waals surface area contributed by atoms with Gasteiger partial charge in [0, 0.05) is 5.71 Å². The van der Waals surface area contributed by atoms with Gasteiger partial charge >= 0.3 is 12.1 Å². The Hall–Kier alpha value is -2.38.